The number of halogens is 1. The molecule has 15 heavy (non-hydrogen) atoms. The maximum absolute atomic E-state index is 11.4. The number of hydrogen-bond donors (Lipinski definition) is 2. The van der Waals surface area contributed by atoms with Gasteiger partial charge in [0.25, 0.3) is 11.8 Å². The molecule has 82 valence electrons. The summed E-state index contributed by atoms with van der Waals surface area (Å²) in [6.45, 7) is -0.109. The van der Waals surface area contributed by atoms with E-state index in [0.717, 1.165) is 3.79 Å². The van der Waals surface area contributed by atoms with Crippen LogP contribution in [0.15, 0.2) is 15.9 Å². The van der Waals surface area contributed by atoms with Crippen molar-refractivity contribution in [3.8, 4) is 0 Å². The first-order chi connectivity index (χ1) is 7.13. The molecular weight excluding hydrogens is 284 g/mol. The molecule has 1 aromatic rings. The van der Waals surface area contributed by atoms with Gasteiger partial charge in [-0.05, 0) is 28.1 Å². The zero-order valence-corrected chi connectivity index (χ0v) is 10.3. The Bertz CT molecular complexity index is 367. The monoisotopic (exact) mass is 292 g/mol. The average Bonchev–Trinajstić information content (AvgIpc) is 2.62. The third-order valence-corrected chi connectivity index (χ3v) is 3.04. The van der Waals surface area contributed by atoms with Crippen molar-refractivity contribution < 1.29 is 14.4 Å². The second kappa shape index (κ2) is 5.84. The van der Waals surface area contributed by atoms with Crippen molar-refractivity contribution in [1.29, 1.82) is 0 Å². The maximum Gasteiger partial charge on any atom is 0.262 e. The summed E-state index contributed by atoms with van der Waals surface area (Å²) >= 11 is 4.55. The van der Waals surface area contributed by atoms with Crippen molar-refractivity contribution in [2.75, 3.05) is 13.7 Å². The highest BCUT2D eigenvalue weighted by atomic mass is 79.9. The molecule has 0 spiro atoms. The molecule has 0 atom stereocenters. The van der Waals surface area contributed by atoms with Gasteiger partial charge in [-0.3, -0.25) is 14.4 Å². The van der Waals surface area contributed by atoms with Gasteiger partial charge in [-0.2, -0.15) is 0 Å². The second-order valence-corrected chi connectivity index (χ2v) is 4.98. The van der Waals surface area contributed by atoms with Gasteiger partial charge in [0, 0.05) is 0 Å². The average molecular weight is 293 g/mol. The van der Waals surface area contributed by atoms with Crippen LogP contribution in [-0.2, 0) is 9.63 Å². The summed E-state index contributed by atoms with van der Waals surface area (Å²) in [6.07, 6.45) is 0. The standard InChI is InChI=1S/C8H9BrN2O3S/c1-14-11-7(12)4-10-8(13)5-2-3-6(9)15-5/h2-3H,4H2,1H3,(H,10,13)(H,11,12). The topological polar surface area (TPSA) is 67.4 Å². The van der Waals surface area contributed by atoms with Crippen molar-refractivity contribution in [1.82, 2.24) is 10.8 Å². The highest BCUT2D eigenvalue weighted by Crippen LogP contribution is 2.21. The molecule has 0 unspecified atom stereocenters. The third kappa shape index (κ3) is 3.98. The fourth-order valence-electron chi connectivity index (χ4n) is 0.834. The van der Waals surface area contributed by atoms with E-state index in [-0.39, 0.29) is 12.5 Å². The minimum absolute atomic E-state index is 0.109. The van der Waals surface area contributed by atoms with Crippen LogP contribution in [0.2, 0.25) is 0 Å². The quantitative estimate of drug-likeness (QED) is 0.811. The Morgan fingerprint density at radius 3 is 2.80 bits per heavy atom. The molecule has 0 fully saturated rings. The third-order valence-electron chi connectivity index (χ3n) is 1.42. The van der Waals surface area contributed by atoms with Crippen LogP contribution in [0.5, 0.6) is 0 Å². The lowest BCUT2D eigenvalue weighted by Crippen LogP contribution is -2.36. The van der Waals surface area contributed by atoms with E-state index in [1.807, 2.05) is 0 Å². The predicted molar refractivity (Wildman–Crippen MR) is 59.5 cm³/mol. The van der Waals surface area contributed by atoms with Gasteiger partial charge in [0.05, 0.1) is 22.3 Å². The number of carbonyl (C=O) groups is 2. The molecule has 1 aromatic heterocycles. The Hall–Kier alpha value is -0.920. The summed E-state index contributed by atoms with van der Waals surface area (Å²) in [5.41, 5.74) is 2.10. The Kier molecular flexibility index (Phi) is 4.73. The van der Waals surface area contributed by atoms with Crippen LogP contribution in [0.25, 0.3) is 0 Å². The number of amides is 2. The zero-order chi connectivity index (χ0) is 11.3. The van der Waals surface area contributed by atoms with Crippen LogP contribution in [0.3, 0.4) is 0 Å². The van der Waals surface area contributed by atoms with Gasteiger partial charge in [0.1, 0.15) is 0 Å². The van der Waals surface area contributed by atoms with Crippen LogP contribution < -0.4 is 10.8 Å². The number of carbonyl (C=O) groups excluding carboxylic acids is 2. The van der Waals surface area contributed by atoms with Crippen molar-refractivity contribution in [3.63, 3.8) is 0 Å². The van der Waals surface area contributed by atoms with E-state index in [9.17, 15) is 9.59 Å². The van der Waals surface area contributed by atoms with Gasteiger partial charge in [0.15, 0.2) is 0 Å². The fraction of sp³-hybridized carbons (Fsp3) is 0.250. The van der Waals surface area contributed by atoms with Gasteiger partial charge in [-0.15, -0.1) is 11.3 Å². The maximum atomic E-state index is 11.4. The second-order valence-electron chi connectivity index (χ2n) is 2.52. The van der Waals surface area contributed by atoms with Crippen LogP contribution >= 0.6 is 27.3 Å². The van der Waals surface area contributed by atoms with Crippen LogP contribution in [0.4, 0.5) is 0 Å². The molecule has 2 amide bonds. The van der Waals surface area contributed by atoms with Gasteiger partial charge < -0.3 is 5.32 Å². The van der Waals surface area contributed by atoms with Gasteiger partial charge >= 0.3 is 0 Å². The van der Waals surface area contributed by atoms with E-state index in [0.29, 0.717) is 4.88 Å². The number of thiophene rings is 1. The normalized spacial score (nSPS) is 9.73. The molecule has 0 saturated carbocycles. The number of nitrogens with one attached hydrogen (secondary N) is 2. The molecule has 0 aliphatic rings. The summed E-state index contributed by atoms with van der Waals surface area (Å²) in [5.74, 6) is -0.682. The Balaban J connectivity index is 2.40. The minimum atomic E-state index is -0.401. The van der Waals surface area contributed by atoms with Crippen molar-refractivity contribution in [3.05, 3.63) is 20.8 Å². The van der Waals surface area contributed by atoms with E-state index in [2.05, 4.69) is 31.6 Å². The van der Waals surface area contributed by atoms with Gasteiger partial charge in [-0.25, -0.2) is 5.48 Å². The number of hydroxylamine groups is 1. The Morgan fingerprint density at radius 2 is 2.27 bits per heavy atom. The summed E-state index contributed by atoms with van der Waals surface area (Å²) in [4.78, 5) is 27.3. The SMILES string of the molecule is CONC(=O)CNC(=O)c1ccc(Br)s1. The first kappa shape index (κ1) is 12.2. The lowest BCUT2D eigenvalue weighted by atomic mass is 10.4. The molecule has 5 nitrogen and oxygen atoms in total. The molecular formula is C8H9BrN2O3S. The molecule has 1 rings (SSSR count). The number of rotatable bonds is 4. The molecule has 0 aromatic carbocycles. The summed E-state index contributed by atoms with van der Waals surface area (Å²) < 4.78 is 0.869. The van der Waals surface area contributed by atoms with Crippen molar-refractivity contribution >= 4 is 39.1 Å². The van der Waals surface area contributed by atoms with E-state index >= 15 is 0 Å². The van der Waals surface area contributed by atoms with E-state index in [1.54, 1.807) is 12.1 Å². The first-order valence-electron chi connectivity index (χ1n) is 3.99. The minimum Gasteiger partial charge on any atom is -0.342 e. The molecule has 0 bridgehead atoms. The fourth-order valence-corrected chi connectivity index (χ4v) is 2.14. The smallest absolute Gasteiger partial charge is 0.262 e. The van der Waals surface area contributed by atoms with Gasteiger partial charge in [0.2, 0.25) is 0 Å². The highest BCUT2D eigenvalue weighted by Gasteiger charge is 2.09. The zero-order valence-electron chi connectivity index (χ0n) is 7.87. The van der Waals surface area contributed by atoms with Crippen molar-refractivity contribution in [2.24, 2.45) is 0 Å². The van der Waals surface area contributed by atoms with E-state index < -0.39 is 5.91 Å². The van der Waals surface area contributed by atoms with Gasteiger partial charge in [-0.1, -0.05) is 0 Å². The number of hydrogen-bond acceptors (Lipinski definition) is 4. The summed E-state index contributed by atoms with van der Waals surface area (Å²) in [7, 11) is 1.33. The van der Waals surface area contributed by atoms with Crippen LogP contribution in [0, 0.1) is 0 Å². The van der Waals surface area contributed by atoms with Crippen LogP contribution in [-0.4, -0.2) is 25.5 Å². The highest BCUT2D eigenvalue weighted by molar-refractivity contribution is 9.11. The molecule has 0 saturated heterocycles. The molecule has 2 N–H and O–H groups in total. The lowest BCUT2D eigenvalue weighted by Gasteiger charge is -2.02. The summed E-state index contributed by atoms with van der Waals surface area (Å²) in [6, 6.07) is 3.45. The Labute approximate surface area is 98.9 Å². The van der Waals surface area contributed by atoms with E-state index in [1.165, 1.54) is 18.4 Å². The molecule has 1 heterocycles. The van der Waals surface area contributed by atoms with Crippen molar-refractivity contribution in [2.45, 2.75) is 0 Å². The first-order valence-corrected chi connectivity index (χ1v) is 5.60. The molecule has 0 radical (unpaired) electrons. The predicted octanol–water partition coefficient (Wildman–Crippen LogP) is 0.918. The van der Waals surface area contributed by atoms with Crippen LogP contribution in [0.1, 0.15) is 9.67 Å². The lowest BCUT2D eigenvalue weighted by molar-refractivity contribution is -0.130. The molecule has 0 aliphatic heterocycles. The molecule has 7 heteroatoms. The summed E-state index contributed by atoms with van der Waals surface area (Å²) in [5, 5.41) is 2.46. The largest absolute Gasteiger partial charge is 0.342 e. The molecule has 0 aliphatic carbocycles. The Morgan fingerprint density at radius 1 is 1.53 bits per heavy atom. The van der Waals surface area contributed by atoms with E-state index in [4.69, 9.17) is 0 Å².